The van der Waals surface area contributed by atoms with E-state index in [1.165, 1.54) is 38.5 Å². The van der Waals surface area contributed by atoms with Gasteiger partial charge >= 0.3 is 0 Å². The van der Waals surface area contributed by atoms with E-state index in [4.69, 9.17) is 17.3 Å². The Morgan fingerprint density at radius 3 is 2.56 bits per heavy atom. The lowest BCUT2D eigenvalue weighted by Gasteiger charge is -2.43. The van der Waals surface area contributed by atoms with Gasteiger partial charge in [-0.25, -0.2) is 9.25 Å². The van der Waals surface area contributed by atoms with Crippen molar-refractivity contribution in [3.05, 3.63) is 68.7 Å². The molecule has 3 heterocycles. The smallest absolute Gasteiger partial charge is 0.267 e. The van der Waals surface area contributed by atoms with Gasteiger partial charge in [-0.15, -0.1) is 5.10 Å². The molecule has 0 N–H and O–H groups in total. The van der Waals surface area contributed by atoms with Crippen LogP contribution < -0.4 is 5.56 Å². The summed E-state index contributed by atoms with van der Waals surface area (Å²) in [5.74, 6) is 1.37. The molecule has 34 heavy (non-hydrogen) atoms. The van der Waals surface area contributed by atoms with Gasteiger partial charge in [0.2, 0.25) is 10.5 Å². The van der Waals surface area contributed by atoms with Crippen LogP contribution in [0.1, 0.15) is 49.7 Å². The van der Waals surface area contributed by atoms with Gasteiger partial charge in [0, 0.05) is 12.6 Å². The highest BCUT2D eigenvalue weighted by atomic mass is 32.1. The molecule has 0 spiro atoms. The van der Waals surface area contributed by atoms with Gasteiger partial charge in [0.1, 0.15) is 0 Å². The molecule has 6 nitrogen and oxygen atoms in total. The number of benzene rings is 2. The molecule has 2 aromatic heterocycles. The van der Waals surface area contributed by atoms with E-state index >= 15 is 0 Å². The summed E-state index contributed by atoms with van der Waals surface area (Å²) >= 11 is 6.00. The summed E-state index contributed by atoms with van der Waals surface area (Å²) in [5.41, 5.74) is 3.81. The van der Waals surface area contributed by atoms with Crippen LogP contribution in [-0.2, 0) is 6.67 Å². The standard InChI is InChI=1S/C27H31N5OS/c1-18-14-19(2)16-21(15-18)31-25(33)22-10-4-6-12-24(22)32-26(31)28-30(27(32)34)17-29-13-7-9-20-8-3-5-11-23(20)29/h4,6,10,12,14-16,20,23H,3,5,7-9,11,13,17H2,1-2H3/t20-,23+/m1/s1. The number of hydrogen-bond acceptors (Lipinski definition) is 4. The molecule has 0 radical (unpaired) electrons. The largest absolute Gasteiger partial charge is 0.281 e. The van der Waals surface area contributed by atoms with Crippen molar-refractivity contribution in [3.63, 3.8) is 0 Å². The third-order valence-corrected chi connectivity index (χ3v) is 8.13. The van der Waals surface area contributed by atoms with Gasteiger partial charge in [0.05, 0.1) is 23.3 Å². The van der Waals surface area contributed by atoms with Crippen LogP contribution >= 0.6 is 12.2 Å². The predicted molar refractivity (Wildman–Crippen MR) is 138 cm³/mol. The van der Waals surface area contributed by atoms with Crippen LogP contribution in [0.2, 0.25) is 0 Å². The van der Waals surface area contributed by atoms with Gasteiger partial charge in [-0.05, 0) is 93.1 Å². The summed E-state index contributed by atoms with van der Waals surface area (Å²) in [6.45, 7) is 5.88. The average Bonchev–Trinajstić information content (AvgIpc) is 3.14. The van der Waals surface area contributed by atoms with Gasteiger partial charge in [0.15, 0.2) is 0 Å². The normalized spacial score (nSPS) is 21.2. The van der Waals surface area contributed by atoms with E-state index in [1.54, 1.807) is 4.57 Å². The van der Waals surface area contributed by atoms with Gasteiger partial charge in [-0.3, -0.25) is 14.1 Å². The fraction of sp³-hybridized carbons (Fsp3) is 0.444. The number of rotatable bonds is 3. The van der Waals surface area contributed by atoms with E-state index in [2.05, 4.69) is 24.8 Å². The first kappa shape index (κ1) is 21.7. The third kappa shape index (κ3) is 3.53. The summed E-state index contributed by atoms with van der Waals surface area (Å²) in [6.07, 6.45) is 7.85. The Labute approximate surface area is 204 Å². The monoisotopic (exact) mass is 473 g/mol. The van der Waals surface area contributed by atoms with Crippen LogP contribution in [0.25, 0.3) is 22.4 Å². The molecule has 1 aliphatic carbocycles. The Hall–Kier alpha value is -2.77. The maximum Gasteiger partial charge on any atom is 0.267 e. The quantitative estimate of drug-likeness (QED) is 0.374. The second kappa shape index (κ2) is 8.47. The van der Waals surface area contributed by atoms with Crippen molar-refractivity contribution in [2.75, 3.05) is 6.54 Å². The summed E-state index contributed by atoms with van der Waals surface area (Å²) in [4.78, 5) is 16.3. The van der Waals surface area contributed by atoms with E-state index < -0.39 is 0 Å². The number of piperidine rings is 1. The third-order valence-electron chi connectivity index (χ3n) is 7.74. The summed E-state index contributed by atoms with van der Waals surface area (Å²) < 4.78 is 6.29. The predicted octanol–water partition coefficient (Wildman–Crippen LogP) is 5.40. The summed E-state index contributed by atoms with van der Waals surface area (Å²) in [6, 6.07) is 14.5. The molecule has 2 aliphatic rings. The second-order valence-electron chi connectivity index (χ2n) is 10.1. The lowest BCUT2D eigenvalue weighted by atomic mass is 9.78. The van der Waals surface area contributed by atoms with Crippen LogP contribution in [0, 0.1) is 24.5 Å². The minimum Gasteiger partial charge on any atom is -0.281 e. The molecule has 1 saturated heterocycles. The maximum absolute atomic E-state index is 13.7. The number of aromatic nitrogens is 4. The fourth-order valence-corrected chi connectivity index (χ4v) is 6.57. The van der Waals surface area contributed by atoms with Gasteiger partial charge in [-0.2, -0.15) is 0 Å². The number of nitrogens with zero attached hydrogens (tertiary/aromatic N) is 5. The summed E-state index contributed by atoms with van der Waals surface area (Å²) in [7, 11) is 0. The van der Waals surface area contributed by atoms with Crippen LogP contribution in [0.5, 0.6) is 0 Å². The molecule has 0 bridgehead atoms. The molecular weight excluding hydrogens is 442 g/mol. The molecule has 2 atom stereocenters. The van der Waals surface area contributed by atoms with E-state index in [0.29, 0.717) is 28.6 Å². The second-order valence-corrected chi connectivity index (χ2v) is 10.5. The van der Waals surface area contributed by atoms with Crippen molar-refractivity contribution in [2.45, 2.75) is 65.1 Å². The molecule has 1 aliphatic heterocycles. The van der Waals surface area contributed by atoms with Crippen LogP contribution in [0.3, 0.4) is 0 Å². The number of aryl methyl sites for hydroxylation is 2. The first-order valence-corrected chi connectivity index (χ1v) is 12.9. The molecule has 7 heteroatoms. The maximum atomic E-state index is 13.7. The topological polar surface area (TPSA) is 47.5 Å². The highest BCUT2D eigenvalue weighted by Crippen LogP contribution is 2.35. The fourth-order valence-electron chi connectivity index (χ4n) is 6.29. The van der Waals surface area contributed by atoms with Crippen molar-refractivity contribution in [1.82, 2.24) is 23.6 Å². The molecule has 0 amide bonds. The van der Waals surface area contributed by atoms with Gasteiger partial charge < -0.3 is 0 Å². The molecule has 1 saturated carbocycles. The molecule has 176 valence electrons. The molecule has 4 aromatic rings. The lowest BCUT2D eigenvalue weighted by Crippen LogP contribution is -2.47. The molecule has 0 unspecified atom stereocenters. The van der Waals surface area contributed by atoms with E-state index in [1.807, 2.05) is 45.5 Å². The minimum atomic E-state index is -0.0643. The molecule has 2 aromatic carbocycles. The van der Waals surface area contributed by atoms with Gasteiger partial charge in [0.25, 0.3) is 5.56 Å². The van der Waals surface area contributed by atoms with Crippen LogP contribution in [0.4, 0.5) is 0 Å². The Morgan fingerprint density at radius 1 is 1.00 bits per heavy atom. The zero-order chi connectivity index (χ0) is 23.4. The molecule has 2 fully saturated rings. The van der Waals surface area contributed by atoms with Crippen molar-refractivity contribution in [2.24, 2.45) is 5.92 Å². The van der Waals surface area contributed by atoms with E-state index in [9.17, 15) is 4.79 Å². The number of para-hydroxylation sites is 1. The Bertz CT molecular complexity index is 1490. The average molecular weight is 474 g/mol. The Kier molecular flexibility index (Phi) is 5.41. The van der Waals surface area contributed by atoms with Crippen molar-refractivity contribution < 1.29 is 0 Å². The first-order valence-electron chi connectivity index (χ1n) is 12.5. The summed E-state index contributed by atoms with van der Waals surface area (Å²) in [5, 5.41) is 5.64. The highest BCUT2D eigenvalue weighted by molar-refractivity contribution is 7.71. The number of fused-ring (bicyclic) bond motifs is 4. The number of hydrogen-bond donors (Lipinski definition) is 0. The lowest BCUT2D eigenvalue weighted by molar-refractivity contribution is 0.0325. The molecular formula is C27H31N5OS. The van der Waals surface area contributed by atoms with E-state index in [-0.39, 0.29) is 5.56 Å². The Morgan fingerprint density at radius 2 is 1.74 bits per heavy atom. The first-order chi connectivity index (χ1) is 16.5. The van der Waals surface area contributed by atoms with Crippen molar-refractivity contribution in [3.8, 4) is 5.69 Å². The van der Waals surface area contributed by atoms with Crippen molar-refractivity contribution in [1.29, 1.82) is 0 Å². The minimum absolute atomic E-state index is 0.0643. The zero-order valence-electron chi connectivity index (χ0n) is 19.9. The van der Waals surface area contributed by atoms with Gasteiger partial charge in [-0.1, -0.05) is 31.0 Å². The SMILES string of the molecule is Cc1cc(C)cc(-n2c(=O)c3ccccc3n3c(=S)n(CN4CCC[C@H]5CCCC[C@@H]54)nc23)c1. The van der Waals surface area contributed by atoms with Crippen molar-refractivity contribution >= 4 is 28.9 Å². The Balaban J connectivity index is 1.56. The zero-order valence-corrected chi connectivity index (χ0v) is 20.7. The van der Waals surface area contributed by atoms with Crippen LogP contribution in [0.15, 0.2) is 47.3 Å². The molecule has 6 rings (SSSR count). The highest BCUT2D eigenvalue weighted by Gasteiger charge is 2.33. The number of likely N-dealkylation sites (tertiary alicyclic amines) is 1. The van der Waals surface area contributed by atoms with E-state index in [0.717, 1.165) is 34.8 Å². The van der Waals surface area contributed by atoms with Crippen LogP contribution in [-0.4, -0.2) is 36.2 Å².